The molecule has 2 N–H and O–H groups in total. The molecule has 2 unspecified atom stereocenters. The molecule has 1 aliphatic heterocycles. The summed E-state index contributed by atoms with van der Waals surface area (Å²) in [5.41, 5.74) is -0.187. The van der Waals surface area contributed by atoms with Crippen molar-refractivity contribution in [2.75, 3.05) is 18.5 Å². The van der Waals surface area contributed by atoms with Crippen LogP contribution in [-0.4, -0.2) is 30.5 Å². The van der Waals surface area contributed by atoms with Crippen molar-refractivity contribution in [1.29, 1.82) is 0 Å². The van der Waals surface area contributed by atoms with E-state index in [-0.39, 0.29) is 18.9 Å². The highest BCUT2D eigenvalue weighted by atomic mass is 19.2. The number of hydrogen-bond acceptors (Lipinski definition) is 3. The van der Waals surface area contributed by atoms with Crippen LogP contribution in [-0.2, 0) is 4.74 Å². The van der Waals surface area contributed by atoms with Crippen LogP contribution in [0, 0.1) is 17.5 Å². The van der Waals surface area contributed by atoms with Crippen molar-refractivity contribution in [2.24, 2.45) is 0 Å². The number of hydrogen-bond donors (Lipinski definition) is 2. The Morgan fingerprint density at radius 1 is 1.12 bits per heavy atom. The van der Waals surface area contributed by atoms with E-state index in [1.807, 2.05) is 0 Å². The van der Waals surface area contributed by atoms with Crippen molar-refractivity contribution in [3.8, 4) is 0 Å². The molecule has 16 heavy (non-hydrogen) atoms. The molecule has 6 heteroatoms. The van der Waals surface area contributed by atoms with Gasteiger partial charge in [0.25, 0.3) is 0 Å². The van der Waals surface area contributed by atoms with Gasteiger partial charge in [0.15, 0.2) is 11.6 Å². The standard InChI is InChI=1S/C10H10F3NO2/c11-5-1-7(13)8(2-6(5)12)14-9-3-16-4-10(9)15/h1-2,9-10,14-15H,3-4H2. The highest BCUT2D eigenvalue weighted by Crippen LogP contribution is 2.21. The van der Waals surface area contributed by atoms with Gasteiger partial charge < -0.3 is 15.2 Å². The van der Waals surface area contributed by atoms with Gasteiger partial charge in [0.2, 0.25) is 0 Å². The largest absolute Gasteiger partial charge is 0.388 e. The lowest BCUT2D eigenvalue weighted by Gasteiger charge is -2.16. The van der Waals surface area contributed by atoms with Gasteiger partial charge >= 0.3 is 0 Å². The van der Waals surface area contributed by atoms with Crippen LogP contribution in [0.3, 0.4) is 0 Å². The SMILES string of the molecule is OC1COCC1Nc1cc(F)c(F)cc1F. The molecule has 1 saturated heterocycles. The predicted molar refractivity (Wildman–Crippen MR) is 50.6 cm³/mol. The minimum Gasteiger partial charge on any atom is -0.388 e. The summed E-state index contributed by atoms with van der Waals surface area (Å²) in [5, 5.41) is 12.0. The summed E-state index contributed by atoms with van der Waals surface area (Å²) >= 11 is 0. The minimum absolute atomic E-state index is 0.142. The summed E-state index contributed by atoms with van der Waals surface area (Å²) < 4.78 is 43.6. The van der Waals surface area contributed by atoms with Gasteiger partial charge in [0, 0.05) is 12.1 Å². The summed E-state index contributed by atoms with van der Waals surface area (Å²) in [6.45, 7) is 0.336. The second-order valence-corrected chi connectivity index (χ2v) is 3.60. The van der Waals surface area contributed by atoms with Crippen LogP contribution >= 0.6 is 0 Å². The molecular weight excluding hydrogens is 223 g/mol. The van der Waals surface area contributed by atoms with Gasteiger partial charge in [0.1, 0.15) is 5.82 Å². The van der Waals surface area contributed by atoms with Crippen molar-refractivity contribution in [3.05, 3.63) is 29.6 Å². The maximum absolute atomic E-state index is 13.2. The maximum Gasteiger partial charge on any atom is 0.161 e. The Bertz CT molecular complexity index is 400. The Morgan fingerprint density at radius 2 is 1.81 bits per heavy atom. The van der Waals surface area contributed by atoms with Crippen LogP contribution in [0.2, 0.25) is 0 Å². The van der Waals surface area contributed by atoms with Gasteiger partial charge in [-0.3, -0.25) is 0 Å². The summed E-state index contributed by atoms with van der Waals surface area (Å²) in [5.74, 6) is -3.29. The fourth-order valence-electron chi connectivity index (χ4n) is 1.51. The van der Waals surface area contributed by atoms with E-state index in [1.165, 1.54) is 0 Å². The summed E-state index contributed by atoms with van der Waals surface area (Å²) in [6, 6.07) is 0.662. The van der Waals surface area contributed by atoms with E-state index in [2.05, 4.69) is 5.32 Å². The van der Waals surface area contributed by atoms with E-state index >= 15 is 0 Å². The van der Waals surface area contributed by atoms with Gasteiger partial charge in [-0.2, -0.15) is 0 Å². The van der Waals surface area contributed by atoms with E-state index in [4.69, 9.17) is 4.74 Å². The average molecular weight is 233 g/mol. The lowest BCUT2D eigenvalue weighted by molar-refractivity contribution is 0.125. The molecule has 1 aromatic carbocycles. The van der Waals surface area contributed by atoms with Crippen molar-refractivity contribution < 1.29 is 23.0 Å². The van der Waals surface area contributed by atoms with E-state index in [0.717, 1.165) is 6.07 Å². The Morgan fingerprint density at radius 3 is 2.44 bits per heavy atom. The molecular formula is C10H10F3NO2. The van der Waals surface area contributed by atoms with Crippen LogP contribution < -0.4 is 5.32 Å². The number of halogens is 3. The zero-order chi connectivity index (χ0) is 11.7. The smallest absolute Gasteiger partial charge is 0.161 e. The van der Waals surface area contributed by atoms with Crippen LogP contribution in [0.25, 0.3) is 0 Å². The molecule has 0 saturated carbocycles. The fraction of sp³-hybridized carbons (Fsp3) is 0.400. The summed E-state index contributed by atoms with van der Waals surface area (Å²) in [6.07, 6.45) is -0.785. The molecule has 2 rings (SSSR count). The molecule has 1 aliphatic rings. The maximum atomic E-state index is 13.2. The fourth-order valence-corrected chi connectivity index (χ4v) is 1.51. The first kappa shape index (κ1) is 11.2. The molecule has 1 aromatic rings. The Hall–Kier alpha value is -1.27. The van der Waals surface area contributed by atoms with Gasteiger partial charge in [-0.25, -0.2) is 13.2 Å². The van der Waals surface area contributed by atoms with Crippen molar-refractivity contribution in [1.82, 2.24) is 0 Å². The summed E-state index contributed by atoms with van der Waals surface area (Å²) in [4.78, 5) is 0. The zero-order valence-electron chi connectivity index (χ0n) is 8.21. The Labute approximate surface area is 89.8 Å². The van der Waals surface area contributed by atoms with E-state index < -0.39 is 29.6 Å². The number of aliphatic hydroxyl groups excluding tert-OH is 1. The number of nitrogens with one attached hydrogen (secondary N) is 1. The van der Waals surface area contributed by atoms with Crippen molar-refractivity contribution >= 4 is 5.69 Å². The predicted octanol–water partition coefficient (Wildman–Crippen LogP) is 1.28. The third kappa shape index (κ3) is 2.12. The number of aliphatic hydroxyl groups is 1. The summed E-state index contributed by atoms with van der Waals surface area (Å²) in [7, 11) is 0. The molecule has 0 radical (unpaired) electrons. The quantitative estimate of drug-likeness (QED) is 0.756. The first-order valence-electron chi connectivity index (χ1n) is 4.75. The first-order chi connectivity index (χ1) is 7.58. The second-order valence-electron chi connectivity index (χ2n) is 3.60. The van der Waals surface area contributed by atoms with Crippen molar-refractivity contribution in [3.63, 3.8) is 0 Å². The normalized spacial score (nSPS) is 24.8. The number of ether oxygens (including phenoxy) is 1. The molecule has 88 valence electrons. The third-order valence-corrected chi connectivity index (χ3v) is 2.40. The molecule has 1 heterocycles. The lowest BCUT2D eigenvalue weighted by Crippen LogP contribution is -2.32. The Balaban J connectivity index is 2.18. The van der Waals surface area contributed by atoms with Crippen molar-refractivity contribution in [2.45, 2.75) is 12.1 Å². The molecule has 2 atom stereocenters. The molecule has 0 bridgehead atoms. The van der Waals surface area contributed by atoms with Gasteiger partial charge in [-0.1, -0.05) is 0 Å². The monoisotopic (exact) mass is 233 g/mol. The zero-order valence-corrected chi connectivity index (χ0v) is 8.21. The molecule has 0 aromatic heterocycles. The van der Waals surface area contributed by atoms with Crippen LogP contribution in [0.4, 0.5) is 18.9 Å². The number of benzene rings is 1. The molecule has 0 amide bonds. The topological polar surface area (TPSA) is 41.5 Å². The molecule has 0 spiro atoms. The van der Waals surface area contributed by atoms with Crippen LogP contribution in [0.5, 0.6) is 0 Å². The molecule has 1 fully saturated rings. The Kier molecular flexibility index (Phi) is 3.02. The van der Waals surface area contributed by atoms with Gasteiger partial charge in [0.05, 0.1) is 31.0 Å². The van der Waals surface area contributed by atoms with Crippen LogP contribution in [0.1, 0.15) is 0 Å². The minimum atomic E-state index is -1.24. The highest BCUT2D eigenvalue weighted by molar-refractivity contribution is 5.46. The third-order valence-electron chi connectivity index (χ3n) is 2.40. The number of rotatable bonds is 2. The average Bonchev–Trinajstić information content (AvgIpc) is 2.61. The second kappa shape index (κ2) is 4.31. The van der Waals surface area contributed by atoms with E-state index in [0.29, 0.717) is 6.07 Å². The van der Waals surface area contributed by atoms with E-state index in [9.17, 15) is 18.3 Å². The first-order valence-corrected chi connectivity index (χ1v) is 4.75. The van der Waals surface area contributed by atoms with Gasteiger partial charge in [-0.15, -0.1) is 0 Å². The lowest BCUT2D eigenvalue weighted by atomic mass is 10.2. The highest BCUT2D eigenvalue weighted by Gasteiger charge is 2.27. The molecule has 3 nitrogen and oxygen atoms in total. The molecule has 0 aliphatic carbocycles. The van der Waals surface area contributed by atoms with Gasteiger partial charge in [-0.05, 0) is 0 Å². The number of anilines is 1. The van der Waals surface area contributed by atoms with E-state index in [1.54, 1.807) is 0 Å². The van der Waals surface area contributed by atoms with Crippen LogP contribution in [0.15, 0.2) is 12.1 Å².